The molecular weight excluding hydrogens is 260 g/mol. The van der Waals surface area contributed by atoms with Gasteiger partial charge in [0.1, 0.15) is 5.82 Å². The van der Waals surface area contributed by atoms with Crippen LogP contribution in [-0.2, 0) is 7.05 Å². The highest BCUT2D eigenvalue weighted by atomic mass is 16.1. The zero-order chi connectivity index (χ0) is 14.8. The Balaban J connectivity index is 2.11. The molecular formula is C18H16N2O. The molecule has 0 aliphatic heterocycles. The van der Waals surface area contributed by atoms with E-state index < -0.39 is 0 Å². The van der Waals surface area contributed by atoms with Crippen LogP contribution in [0, 0.1) is 6.92 Å². The number of nitrogens with zero attached hydrogens (tertiary/aromatic N) is 2. The van der Waals surface area contributed by atoms with Crippen molar-refractivity contribution in [2.24, 2.45) is 7.05 Å². The summed E-state index contributed by atoms with van der Waals surface area (Å²) in [5.41, 5.74) is 3.02. The zero-order valence-electron chi connectivity index (χ0n) is 12.1. The Morgan fingerprint density at radius 2 is 1.71 bits per heavy atom. The van der Waals surface area contributed by atoms with E-state index in [2.05, 4.69) is 18.0 Å². The number of para-hydroxylation sites is 1. The molecule has 104 valence electrons. The van der Waals surface area contributed by atoms with Crippen LogP contribution in [0.3, 0.4) is 0 Å². The summed E-state index contributed by atoms with van der Waals surface area (Å²) in [6.45, 7) is 2.06. The molecule has 1 aromatic heterocycles. The zero-order valence-corrected chi connectivity index (χ0v) is 12.1. The summed E-state index contributed by atoms with van der Waals surface area (Å²) < 4.78 is 1.58. The van der Waals surface area contributed by atoms with Gasteiger partial charge in [-0.15, -0.1) is 0 Å². The number of fused-ring (bicyclic) bond motifs is 1. The fourth-order valence-corrected chi connectivity index (χ4v) is 2.32. The highest BCUT2D eigenvalue weighted by molar-refractivity contribution is 5.79. The van der Waals surface area contributed by atoms with Gasteiger partial charge in [-0.1, -0.05) is 42.5 Å². The van der Waals surface area contributed by atoms with Gasteiger partial charge < -0.3 is 0 Å². The van der Waals surface area contributed by atoms with E-state index in [9.17, 15) is 4.79 Å². The lowest BCUT2D eigenvalue weighted by Gasteiger charge is -2.06. The minimum atomic E-state index is -0.0231. The molecule has 0 aliphatic carbocycles. The molecule has 0 atom stereocenters. The minimum absolute atomic E-state index is 0.0231. The summed E-state index contributed by atoms with van der Waals surface area (Å²) in [5, 5.41) is 0.646. The van der Waals surface area contributed by atoms with Crippen molar-refractivity contribution in [1.82, 2.24) is 9.55 Å². The second kappa shape index (κ2) is 5.37. The standard InChI is InChI=1S/C18H16N2O/c1-13-7-3-4-8-14(13)11-12-17-19-16-10-6-5-9-15(16)18(21)20(17)2/h3-12H,1-2H3. The molecule has 3 aromatic rings. The molecule has 0 spiro atoms. The van der Waals surface area contributed by atoms with Crippen LogP contribution in [-0.4, -0.2) is 9.55 Å². The second-order valence-corrected chi connectivity index (χ2v) is 5.04. The lowest BCUT2D eigenvalue weighted by molar-refractivity contribution is 0.828. The van der Waals surface area contributed by atoms with Crippen molar-refractivity contribution in [3.05, 3.63) is 75.8 Å². The number of hydrogen-bond acceptors (Lipinski definition) is 2. The van der Waals surface area contributed by atoms with Gasteiger partial charge in [0.15, 0.2) is 0 Å². The third kappa shape index (κ3) is 2.50. The minimum Gasteiger partial charge on any atom is -0.296 e. The average molecular weight is 276 g/mol. The first-order valence-electron chi connectivity index (χ1n) is 6.86. The summed E-state index contributed by atoms with van der Waals surface area (Å²) in [5.74, 6) is 0.655. The fraction of sp³-hybridized carbons (Fsp3) is 0.111. The molecule has 0 radical (unpaired) electrons. The first kappa shape index (κ1) is 13.3. The normalized spacial score (nSPS) is 11.3. The average Bonchev–Trinajstić information content (AvgIpc) is 2.51. The van der Waals surface area contributed by atoms with Gasteiger partial charge in [0, 0.05) is 7.05 Å². The number of hydrogen-bond donors (Lipinski definition) is 0. The Kier molecular flexibility index (Phi) is 3.40. The molecule has 0 amide bonds. The SMILES string of the molecule is Cc1ccccc1C=Cc1nc2ccccc2c(=O)n1C. The monoisotopic (exact) mass is 276 g/mol. The van der Waals surface area contributed by atoms with Gasteiger partial charge in [0.2, 0.25) is 0 Å². The van der Waals surface area contributed by atoms with Crippen LogP contribution in [0.15, 0.2) is 53.3 Å². The predicted octanol–water partition coefficient (Wildman–Crippen LogP) is 3.41. The molecule has 1 heterocycles. The second-order valence-electron chi connectivity index (χ2n) is 5.04. The number of aromatic nitrogens is 2. The largest absolute Gasteiger partial charge is 0.296 e. The molecule has 0 N–H and O–H groups in total. The lowest BCUT2D eigenvalue weighted by atomic mass is 10.1. The summed E-state index contributed by atoms with van der Waals surface area (Å²) in [6, 6.07) is 15.5. The van der Waals surface area contributed by atoms with Crippen molar-refractivity contribution in [2.45, 2.75) is 6.92 Å². The van der Waals surface area contributed by atoms with Crippen molar-refractivity contribution >= 4 is 23.1 Å². The third-order valence-corrected chi connectivity index (χ3v) is 3.62. The van der Waals surface area contributed by atoms with E-state index in [1.54, 1.807) is 17.7 Å². The predicted molar refractivity (Wildman–Crippen MR) is 87.1 cm³/mol. The van der Waals surface area contributed by atoms with Crippen LogP contribution in [0.25, 0.3) is 23.1 Å². The van der Waals surface area contributed by atoms with Gasteiger partial charge >= 0.3 is 0 Å². The van der Waals surface area contributed by atoms with Gasteiger partial charge in [-0.2, -0.15) is 0 Å². The maximum Gasteiger partial charge on any atom is 0.261 e. The maximum absolute atomic E-state index is 12.3. The first-order chi connectivity index (χ1) is 10.2. The van der Waals surface area contributed by atoms with E-state index in [0.29, 0.717) is 11.2 Å². The summed E-state index contributed by atoms with van der Waals surface area (Å²) in [6.07, 6.45) is 3.88. The Hall–Kier alpha value is -2.68. The van der Waals surface area contributed by atoms with Gasteiger partial charge in [-0.3, -0.25) is 9.36 Å². The molecule has 0 saturated carbocycles. The topological polar surface area (TPSA) is 34.9 Å². The summed E-state index contributed by atoms with van der Waals surface area (Å²) >= 11 is 0. The van der Waals surface area contributed by atoms with Gasteiger partial charge in [-0.05, 0) is 36.3 Å². The Morgan fingerprint density at radius 1 is 1.00 bits per heavy atom. The number of rotatable bonds is 2. The summed E-state index contributed by atoms with van der Waals surface area (Å²) in [7, 11) is 1.75. The van der Waals surface area contributed by atoms with E-state index in [1.807, 2.05) is 48.6 Å². The Morgan fingerprint density at radius 3 is 2.52 bits per heavy atom. The van der Waals surface area contributed by atoms with Gasteiger partial charge in [0.05, 0.1) is 10.9 Å². The highest BCUT2D eigenvalue weighted by Gasteiger charge is 2.05. The third-order valence-electron chi connectivity index (χ3n) is 3.62. The number of benzene rings is 2. The summed E-state index contributed by atoms with van der Waals surface area (Å²) in [4.78, 5) is 16.9. The Labute approximate surface area is 123 Å². The molecule has 3 rings (SSSR count). The van der Waals surface area contributed by atoms with Crippen LogP contribution >= 0.6 is 0 Å². The highest BCUT2D eigenvalue weighted by Crippen LogP contribution is 2.12. The Bertz CT molecular complexity index is 891. The van der Waals surface area contributed by atoms with Gasteiger partial charge in [-0.25, -0.2) is 4.98 Å². The van der Waals surface area contributed by atoms with Crippen LogP contribution in [0.2, 0.25) is 0 Å². The molecule has 2 aromatic carbocycles. The molecule has 0 unspecified atom stereocenters. The van der Waals surface area contributed by atoms with Crippen LogP contribution in [0.1, 0.15) is 17.0 Å². The van der Waals surface area contributed by atoms with Crippen molar-refractivity contribution < 1.29 is 0 Å². The number of aryl methyl sites for hydroxylation is 1. The van der Waals surface area contributed by atoms with E-state index in [0.717, 1.165) is 11.1 Å². The van der Waals surface area contributed by atoms with Crippen LogP contribution in [0.5, 0.6) is 0 Å². The quantitative estimate of drug-likeness (QED) is 0.719. The molecule has 3 nitrogen and oxygen atoms in total. The van der Waals surface area contributed by atoms with Crippen LogP contribution in [0.4, 0.5) is 0 Å². The maximum atomic E-state index is 12.3. The first-order valence-corrected chi connectivity index (χ1v) is 6.86. The smallest absolute Gasteiger partial charge is 0.261 e. The molecule has 0 fully saturated rings. The molecule has 0 aliphatic rings. The van der Waals surface area contributed by atoms with Crippen molar-refractivity contribution in [3.63, 3.8) is 0 Å². The van der Waals surface area contributed by atoms with E-state index in [-0.39, 0.29) is 5.56 Å². The van der Waals surface area contributed by atoms with Crippen molar-refractivity contribution in [1.29, 1.82) is 0 Å². The van der Waals surface area contributed by atoms with Crippen molar-refractivity contribution in [3.8, 4) is 0 Å². The molecule has 3 heteroatoms. The van der Waals surface area contributed by atoms with E-state index >= 15 is 0 Å². The van der Waals surface area contributed by atoms with Gasteiger partial charge in [0.25, 0.3) is 5.56 Å². The molecule has 21 heavy (non-hydrogen) atoms. The molecule has 0 saturated heterocycles. The van der Waals surface area contributed by atoms with E-state index in [4.69, 9.17) is 0 Å². The lowest BCUT2D eigenvalue weighted by Crippen LogP contribution is -2.20. The molecule has 0 bridgehead atoms. The van der Waals surface area contributed by atoms with Crippen molar-refractivity contribution in [2.75, 3.05) is 0 Å². The fourth-order valence-electron chi connectivity index (χ4n) is 2.32. The van der Waals surface area contributed by atoms with E-state index in [1.165, 1.54) is 5.56 Å². The van der Waals surface area contributed by atoms with Crippen LogP contribution < -0.4 is 5.56 Å².